The summed E-state index contributed by atoms with van der Waals surface area (Å²) in [5.74, 6) is 0.877. The molecule has 7 heteroatoms. The molecule has 1 aromatic heterocycles. The molecule has 0 atom stereocenters. The third kappa shape index (κ3) is 4.07. The maximum atomic E-state index is 11.8. The molecule has 0 amide bonds. The van der Waals surface area contributed by atoms with Crippen molar-refractivity contribution in [2.75, 3.05) is 4.72 Å². The summed E-state index contributed by atoms with van der Waals surface area (Å²) in [7, 11) is 0. The molecule has 3 N–H and O–H groups in total. The number of aromatic nitrogens is 2. The zero-order valence-corrected chi connectivity index (χ0v) is 19.0. The van der Waals surface area contributed by atoms with Gasteiger partial charge in [0.1, 0.15) is 5.69 Å². The first kappa shape index (κ1) is 20.9. The van der Waals surface area contributed by atoms with Crippen LogP contribution in [0.2, 0.25) is 0 Å². The van der Waals surface area contributed by atoms with Gasteiger partial charge in [0.25, 0.3) is 0 Å². The highest BCUT2D eigenvalue weighted by Crippen LogP contribution is 2.38. The van der Waals surface area contributed by atoms with Crippen LogP contribution in [0.3, 0.4) is 0 Å². The number of carbonyl (C=O) groups is 1. The monoisotopic (exact) mass is 458 g/mol. The van der Waals surface area contributed by atoms with Crippen LogP contribution in [0.1, 0.15) is 27.2 Å². The van der Waals surface area contributed by atoms with Crippen LogP contribution in [-0.2, 0) is 18.6 Å². The molecular weight excluding hydrogens is 436 g/mol. The maximum Gasteiger partial charge on any atom is 0.170 e. The molecule has 0 fully saturated rings. The van der Waals surface area contributed by atoms with Crippen LogP contribution in [0.25, 0.3) is 16.9 Å². The number of aldehydes is 1. The number of nitrogens with one attached hydrogen (secondary N) is 1. The topological polar surface area (TPSA) is 72.9 Å². The lowest BCUT2D eigenvalue weighted by molar-refractivity contribution is 0.111. The van der Waals surface area contributed by atoms with Gasteiger partial charge in [0.2, 0.25) is 0 Å². The number of carbonyl (C=O) groups excluding carboxylic acids is 1. The Balaban J connectivity index is 1.49. The van der Waals surface area contributed by atoms with Crippen molar-refractivity contribution in [1.29, 1.82) is 0 Å². The van der Waals surface area contributed by atoms with Gasteiger partial charge in [-0.05, 0) is 84.3 Å². The second kappa shape index (κ2) is 9.24. The van der Waals surface area contributed by atoms with E-state index in [0.29, 0.717) is 5.69 Å². The molecule has 0 spiro atoms. The number of hydrogen-bond acceptors (Lipinski definition) is 6. The first-order valence-corrected chi connectivity index (χ1v) is 12.2. The minimum absolute atomic E-state index is 0.514. The fourth-order valence-corrected chi connectivity index (χ4v) is 5.07. The van der Waals surface area contributed by atoms with Gasteiger partial charge in [0, 0.05) is 27.5 Å². The van der Waals surface area contributed by atoms with Crippen molar-refractivity contribution in [3.63, 3.8) is 0 Å². The number of hydrogen-bond donors (Lipinski definition) is 2. The molecule has 1 aliphatic rings. The minimum atomic E-state index is 0.514. The summed E-state index contributed by atoms with van der Waals surface area (Å²) in [6, 6.07) is 24.8. The van der Waals surface area contributed by atoms with E-state index >= 15 is 0 Å². The Kier molecular flexibility index (Phi) is 6.03. The summed E-state index contributed by atoms with van der Waals surface area (Å²) in [5, 5.41) is 10.3. The molecule has 5 rings (SSSR count). The summed E-state index contributed by atoms with van der Waals surface area (Å²) in [6.07, 6.45) is 2.57. The van der Waals surface area contributed by atoms with Gasteiger partial charge in [-0.2, -0.15) is 5.10 Å². The lowest BCUT2D eigenvalue weighted by Gasteiger charge is -2.20. The molecule has 0 saturated heterocycles. The molecule has 1 aliphatic carbocycles. The molecule has 0 saturated carbocycles. The highest BCUT2D eigenvalue weighted by Gasteiger charge is 2.26. The predicted octanol–water partition coefficient (Wildman–Crippen LogP) is 5.68. The summed E-state index contributed by atoms with van der Waals surface area (Å²) in [5.41, 5.74) is 8.14. The zero-order chi connectivity index (χ0) is 21.9. The van der Waals surface area contributed by atoms with Crippen molar-refractivity contribution in [3.8, 4) is 16.9 Å². The Hall–Kier alpha value is -3.00. The standard InChI is InChI=1S/C25H22N4OS2/c26-32-21-11-9-20(10-12-21)29-25-22(24(15-30)27-29)13-7-18-6-8-19(14-23(18)25)28-31-16-17-4-2-1-3-5-17/h1-6,8-12,14-15,28H,7,13,16,26H2. The van der Waals surface area contributed by atoms with Crippen molar-refractivity contribution in [2.24, 2.45) is 5.14 Å². The van der Waals surface area contributed by atoms with Crippen molar-refractivity contribution >= 4 is 35.9 Å². The van der Waals surface area contributed by atoms with Crippen LogP contribution in [0.5, 0.6) is 0 Å². The summed E-state index contributed by atoms with van der Waals surface area (Å²) >= 11 is 2.87. The van der Waals surface area contributed by atoms with Crippen LogP contribution >= 0.6 is 23.9 Å². The van der Waals surface area contributed by atoms with E-state index in [4.69, 9.17) is 5.14 Å². The molecule has 160 valence electrons. The fraction of sp³-hybridized carbons (Fsp3) is 0.120. The van der Waals surface area contributed by atoms with Gasteiger partial charge < -0.3 is 4.72 Å². The number of nitrogens with zero attached hydrogens (tertiary/aromatic N) is 2. The second-order valence-corrected chi connectivity index (χ2v) is 9.09. The average Bonchev–Trinajstić information content (AvgIpc) is 3.24. The molecular formula is C25H22N4OS2. The summed E-state index contributed by atoms with van der Waals surface area (Å²) in [6.45, 7) is 0. The van der Waals surface area contributed by atoms with Gasteiger partial charge in [0.15, 0.2) is 6.29 Å². The van der Waals surface area contributed by atoms with E-state index in [1.807, 2.05) is 35.0 Å². The van der Waals surface area contributed by atoms with E-state index in [1.54, 1.807) is 11.9 Å². The molecule has 32 heavy (non-hydrogen) atoms. The number of nitrogens with two attached hydrogens (primary N) is 1. The van der Waals surface area contributed by atoms with Gasteiger partial charge in [-0.1, -0.05) is 36.4 Å². The molecule has 0 bridgehead atoms. The number of fused-ring (bicyclic) bond motifs is 3. The highest BCUT2D eigenvalue weighted by atomic mass is 32.2. The minimum Gasteiger partial charge on any atom is -0.329 e. The van der Waals surface area contributed by atoms with E-state index in [2.05, 4.69) is 52.3 Å². The molecule has 4 aromatic rings. The van der Waals surface area contributed by atoms with E-state index in [1.165, 1.54) is 23.1 Å². The van der Waals surface area contributed by atoms with E-state index < -0.39 is 0 Å². The number of rotatable bonds is 7. The van der Waals surface area contributed by atoms with Crippen molar-refractivity contribution < 1.29 is 4.79 Å². The summed E-state index contributed by atoms with van der Waals surface area (Å²) < 4.78 is 5.36. The predicted molar refractivity (Wildman–Crippen MR) is 133 cm³/mol. The van der Waals surface area contributed by atoms with Crippen molar-refractivity contribution in [2.45, 2.75) is 23.5 Å². The van der Waals surface area contributed by atoms with Crippen molar-refractivity contribution in [3.05, 3.63) is 95.2 Å². The normalized spacial score (nSPS) is 12.2. The van der Waals surface area contributed by atoms with Crippen LogP contribution in [0, 0.1) is 0 Å². The number of aryl methyl sites for hydroxylation is 1. The largest absolute Gasteiger partial charge is 0.329 e. The Bertz CT molecular complexity index is 1250. The molecule has 3 aromatic carbocycles. The fourth-order valence-electron chi connectivity index (χ4n) is 4.05. The van der Waals surface area contributed by atoms with Gasteiger partial charge >= 0.3 is 0 Å². The van der Waals surface area contributed by atoms with Gasteiger partial charge in [-0.25, -0.2) is 4.68 Å². The third-order valence-electron chi connectivity index (χ3n) is 5.62. The Morgan fingerprint density at radius 2 is 1.84 bits per heavy atom. The zero-order valence-electron chi connectivity index (χ0n) is 17.3. The molecule has 5 nitrogen and oxygen atoms in total. The van der Waals surface area contributed by atoms with E-state index in [-0.39, 0.29) is 0 Å². The first-order chi connectivity index (χ1) is 15.8. The Labute approximate surface area is 195 Å². The molecule has 0 unspecified atom stereocenters. The van der Waals surface area contributed by atoms with Gasteiger partial charge in [-0.15, -0.1) is 0 Å². The number of anilines is 1. The SMILES string of the molecule is NSc1ccc(-n2nc(C=O)c3c2-c2cc(NSCc4ccccc4)ccc2CC3)cc1. The van der Waals surface area contributed by atoms with E-state index in [0.717, 1.165) is 58.0 Å². The maximum absolute atomic E-state index is 11.8. The van der Waals surface area contributed by atoms with Crippen LogP contribution in [0.4, 0.5) is 5.69 Å². The van der Waals surface area contributed by atoms with E-state index in [9.17, 15) is 4.79 Å². The Morgan fingerprint density at radius 1 is 1.03 bits per heavy atom. The summed E-state index contributed by atoms with van der Waals surface area (Å²) in [4.78, 5) is 12.7. The molecule has 0 aliphatic heterocycles. The van der Waals surface area contributed by atoms with Crippen LogP contribution in [0.15, 0.2) is 77.7 Å². The quantitative estimate of drug-likeness (QED) is 0.274. The Morgan fingerprint density at radius 3 is 2.59 bits per heavy atom. The van der Waals surface area contributed by atoms with Crippen LogP contribution < -0.4 is 9.86 Å². The molecule has 0 radical (unpaired) electrons. The average molecular weight is 459 g/mol. The smallest absolute Gasteiger partial charge is 0.170 e. The second-order valence-electron chi connectivity index (χ2n) is 7.60. The van der Waals surface area contributed by atoms with Gasteiger partial charge in [-0.3, -0.25) is 9.93 Å². The number of benzene rings is 3. The third-order valence-corrected chi connectivity index (χ3v) is 7.03. The lowest BCUT2D eigenvalue weighted by Crippen LogP contribution is -2.08. The molecule has 1 heterocycles. The van der Waals surface area contributed by atoms with Gasteiger partial charge in [0.05, 0.1) is 11.4 Å². The first-order valence-electron chi connectivity index (χ1n) is 10.4. The van der Waals surface area contributed by atoms with Crippen LogP contribution in [-0.4, -0.2) is 16.1 Å². The lowest BCUT2D eigenvalue weighted by atomic mass is 9.88. The highest BCUT2D eigenvalue weighted by molar-refractivity contribution is 7.99. The van der Waals surface area contributed by atoms with Crippen molar-refractivity contribution in [1.82, 2.24) is 9.78 Å².